The molecule has 0 bridgehead atoms. The number of aliphatic hydroxyl groups is 9. The van der Waals surface area contributed by atoms with Crippen molar-refractivity contribution in [2.24, 2.45) is 0 Å². The fourth-order valence-corrected chi connectivity index (χ4v) is 8.74. The first-order chi connectivity index (χ1) is 29.1. The van der Waals surface area contributed by atoms with Gasteiger partial charge in [0.15, 0.2) is 0 Å². The molecule has 12 N–H and O–H groups in total. The minimum absolute atomic E-state index is 0.0646. The second-order valence-corrected chi connectivity index (χ2v) is 15.2. The number of carbonyl (C=O) groups excluding carboxylic acids is 2. The fraction of sp³-hybridized carbons (Fsp3) is 0.357. The van der Waals surface area contributed by atoms with Crippen molar-refractivity contribution < 1.29 is 94.6 Å². The van der Waals surface area contributed by atoms with E-state index in [1.807, 2.05) is 0 Å². The Morgan fingerprint density at radius 3 is 1.43 bits per heavy atom. The van der Waals surface area contributed by atoms with Crippen LogP contribution in [0.25, 0.3) is 0 Å². The Bertz CT molecular complexity index is 2410. The average molecular weight is 849 g/mol. The zero-order valence-corrected chi connectivity index (χ0v) is 31.5. The number of ether oxygens (including phenoxy) is 4. The first kappa shape index (κ1) is 42.2. The lowest BCUT2D eigenvalue weighted by Gasteiger charge is -2.41. The predicted octanol–water partition coefficient (Wildman–Crippen LogP) is -1.30. The molecule has 0 unspecified atom stereocenters. The van der Waals surface area contributed by atoms with E-state index in [9.17, 15) is 75.7 Å². The van der Waals surface area contributed by atoms with Crippen LogP contribution in [0.3, 0.4) is 0 Å². The molecule has 12 atom stereocenters. The summed E-state index contributed by atoms with van der Waals surface area (Å²) in [6.07, 6.45) is -17.4. The lowest BCUT2D eigenvalue weighted by atomic mass is 9.63. The van der Waals surface area contributed by atoms with Crippen LogP contribution in [0.2, 0.25) is 0 Å². The van der Waals surface area contributed by atoms with Crippen LogP contribution in [0.5, 0.6) is 23.0 Å². The fourth-order valence-electron chi connectivity index (χ4n) is 8.74. The standard InChI is InChI=1S/C42H40O19/c43-11-14-7-18-26(16-3-1-5-22(30(16)34(50)28(18)20(46)8-14)58-41-38(54)36(52)32(48)24(12-44)60-41)27-17-4-2-6-23(59-42-39(55)37(53)33(49)25(13-45)61-42)31(17)35(51)29-19(27)9-15(40(56)57)10-21(29)47/h1-10,24-27,32-33,36-39,41-49,52-55H,11-13H2,(H,56,57)/t24-,25-,26-,27-,32-,33-,36+,37+,38-,39-,41-,42-/m0/s1. The molecule has 61 heavy (non-hydrogen) atoms. The van der Waals surface area contributed by atoms with Gasteiger partial charge in [-0.25, -0.2) is 4.79 Å². The molecule has 2 aliphatic heterocycles. The van der Waals surface area contributed by atoms with Gasteiger partial charge >= 0.3 is 5.97 Å². The summed E-state index contributed by atoms with van der Waals surface area (Å²) in [5.41, 5.74) is -1.30. The summed E-state index contributed by atoms with van der Waals surface area (Å²) in [6, 6.07) is 13.1. The van der Waals surface area contributed by atoms with E-state index in [0.29, 0.717) is 0 Å². The summed E-state index contributed by atoms with van der Waals surface area (Å²) >= 11 is 0. The van der Waals surface area contributed by atoms with Crippen LogP contribution in [0, 0.1) is 0 Å². The Hall–Kier alpha value is -5.55. The van der Waals surface area contributed by atoms with Crippen molar-refractivity contribution in [2.75, 3.05) is 13.2 Å². The summed E-state index contributed by atoms with van der Waals surface area (Å²) < 4.78 is 23.1. The van der Waals surface area contributed by atoms with Gasteiger partial charge in [0.05, 0.1) is 47.6 Å². The number of ketones is 2. The summed E-state index contributed by atoms with van der Waals surface area (Å²) in [7, 11) is 0. The van der Waals surface area contributed by atoms with E-state index >= 15 is 0 Å². The number of aromatic carboxylic acids is 1. The third kappa shape index (κ3) is 6.80. The van der Waals surface area contributed by atoms with E-state index in [0.717, 1.165) is 18.2 Å². The lowest BCUT2D eigenvalue weighted by Crippen LogP contribution is -2.60. The Morgan fingerprint density at radius 2 is 1.00 bits per heavy atom. The molecule has 0 radical (unpaired) electrons. The van der Waals surface area contributed by atoms with Gasteiger partial charge in [-0.05, 0) is 58.1 Å². The number of aromatic hydroxyl groups is 2. The van der Waals surface area contributed by atoms with Crippen molar-refractivity contribution in [2.45, 2.75) is 79.9 Å². The van der Waals surface area contributed by atoms with Crippen LogP contribution in [0.15, 0.2) is 60.7 Å². The van der Waals surface area contributed by atoms with Crippen LogP contribution in [-0.4, -0.2) is 153 Å². The van der Waals surface area contributed by atoms with Crippen LogP contribution >= 0.6 is 0 Å². The van der Waals surface area contributed by atoms with Crippen molar-refractivity contribution in [1.82, 2.24) is 0 Å². The number of carboxylic acids is 1. The average Bonchev–Trinajstić information content (AvgIpc) is 3.24. The number of benzene rings is 4. The molecule has 0 amide bonds. The van der Waals surface area contributed by atoms with Gasteiger partial charge in [-0.1, -0.05) is 30.3 Å². The Morgan fingerprint density at radius 1 is 0.557 bits per heavy atom. The number of carboxylic acid groups (broad SMARTS) is 1. The minimum Gasteiger partial charge on any atom is -0.507 e. The highest BCUT2D eigenvalue weighted by atomic mass is 16.7. The molecule has 2 aliphatic carbocycles. The monoisotopic (exact) mass is 848 g/mol. The lowest BCUT2D eigenvalue weighted by molar-refractivity contribution is -0.277. The van der Waals surface area contributed by atoms with Gasteiger partial charge in [0.25, 0.3) is 0 Å². The summed E-state index contributed by atoms with van der Waals surface area (Å²) in [5, 5.41) is 126. The van der Waals surface area contributed by atoms with Gasteiger partial charge in [-0.3, -0.25) is 9.59 Å². The molecule has 2 heterocycles. The number of phenols is 2. The number of hydrogen-bond acceptors (Lipinski definition) is 18. The molecule has 4 aromatic carbocycles. The molecular weight excluding hydrogens is 808 g/mol. The first-order valence-electron chi connectivity index (χ1n) is 19.0. The van der Waals surface area contributed by atoms with E-state index in [2.05, 4.69) is 0 Å². The molecule has 2 fully saturated rings. The van der Waals surface area contributed by atoms with Crippen molar-refractivity contribution in [3.8, 4) is 23.0 Å². The molecule has 0 aromatic heterocycles. The summed E-state index contributed by atoms with van der Waals surface area (Å²) in [4.78, 5) is 41.8. The molecule has 0 saturated carbocycles. The zero-order valence-electron chi connectivity index (χ0n) is 31.5. The maximum Gasteiger partial charge on any atom is 0.335 e. The van der Waals surface area contributed by atoms with Gasteiger partial charge in [-0.2, -0.15) is 0 Å². The van der Waals surface area contributed by atoms with Gasteiger partial charge < -0.3 is 80.2 Å². The molecule has 2 saturated heterocycles. The largest absolute Gasteiger partial charge is 0.507 e. The normalized spacial score (nSPS) is 30.4. The maximum absolute atomic E-state index is 14.7. The molecular formula is C42H40O19. The van der Waals surface area contributed by atoms with Crippen LogP contribution in [0.4, 0.5) is 0 Å². The Kier molecular flexibility index (Phi) is 11.1. The zero-order chi connectivity index (χ0) is 43.8. The van der Waals surface area contributed by atoms with E-state index in [1.165, 1.54) is 42.5 Å². The molecule has 19 nitrogen and oxygen atoms in total. The SMILES string of the molecule is O=C(O)c1cc(O)c2c(c1)[C@@H]([C@@H]1c3cc(CO)cc(O)c3C(=O)c3c(O[C@H]4O[C@@H](CO)[C@H](O)[C@@H](O)[C@@H]4O)cccc31)c1cccc(O[C@H]3O[C@@H](CO)[C@H](O)[C@@H](O)[C@@H]3O)c1C2=O. The number of fused-ring (bicyclic) bond motifs is 4. The van der Waals surface area contributed by atoms with Crippen molar-refractivity contribution in [3.63, 3.8) is 0 Å². The highest BCUT2D eigenvalue weighted by molar-refractivity contribution is 6.18. The number of carbonyl (C=O) groups is 3. The van der Waals surface area contributed by atoms with Crippen LogP contribution < -0.4 is 9.47 Å². The van der Waals surface area contributed by atoms with Crippen molar-refractivity contribution >= 4 is 17.5 Å². The number of hydrogen-bond donors (Lipinski definition) is 12. The number of aliphatic hydroxyl groups excluding tert-OH is 9. The van der Waals surface area contributed by atoms with Crippen molar-refractivity contribution in [3.05, 3.63) is 116 Å². The van der Waals surface area contributed by atoms with Crippen LogP contribution in [0.1, 0.15) is 81.9 Å². The molecule has 0 spiro atoms. The number of rotatable bonds is 9. The quantitative estimate of drug-likeness (QED) is 0.0931. The highest BCUT2D eigenvalue weighted by Crippen LogP contribution is 2.56. The van der Waals surface area contributed by atoms with Gasteiger partial charge in [0, 0.05) is 11.8 Å². The molecule has 19 heteroatoms. The minimum atomic E-state index is -1.91. The molecule has 8 rings (SSSR count). The third-order valence-corrected chi connectivity index (χ3v) is 11.7. The van der Waals surface area contributed by atoms with E-state index in [4.69, 9.17) is 18.9 Å². The topological polar surface area (TPSA) is 331 Å². The predicted molar refractivity (Wildman–Crippen MR) is 201 cm³/mol. The molecule has 322 valence electrons. The third-order valence-electron chi connectivity index (χ3n) is 11.7. The van der Waals surface area contributed by atoms with E-state index < -0.39 is 133 Å². The smallest absolute Gasteiger partial charge is 0.335 e. The molecule has 4 aliphatic rings. The Balaban J connectivity index is 1.37. The van der Waals surface area contributed by atoms with Crippen molar-refractivity contribution in [1.29, 1.82) is 0 Å². The first-order valence-corrected chi connectivity index (χ1v) is 19.0. The van der Waals surface area contributed by atoms with Gasteiger partial charge in [0.2, 0.25) is 24.1 Å². The van der Waals surface area contributed by atoms with E-state index in [-0.39, 0.29) is 56.0 Å². The maximum atomic E-state index is 14.7. The highest BCUT2D eigenvalue weighted by Gasteiger charge is 2.50. The van der Waals surface area contributed by atoms with Gasteiger partial charge in [0.1, 0.15) is 71.8 Å². The van der Waals surface area contributed by atoms with E-state index in [1.54, 1.807) is 0 Å². The van der Waals surface area contributed by atoms with Crippen LogP contribution in [-0.2, 0) is 16.1 Å². The summed E-state index contributed by atoms with van der Waals surface area (Å²) in [5.74, 6) is -7.67. The second kappa shape index (κ2) is 16.0. The van der Waals surface area contributed by atoms with Gasteiger partial charge in [-0.15, -0.1) is 0 Å². The number of phenolic OH excluding ortho intramolecular Hbond substituents is 2. The molecule has 4 aromatic rings. The summed E-state index contributed by atoms with van der Waals surface area (Å²) in [6.45, 7) is -2.21. The second-order valence-electron chi connectivity index (χ2n) is 15.2. The Labute approximate surface area is 344 Å².